The summed E-state index contributed by atoms with van der Waals surface area (Å²) in [5.74, 6) is -10.2. The number of unbranched alkanes of at least 4 members (excludes halogenated alkanes) is 1. The number of carbonyl (C=O) groups is 9. The van der Waals surface area contributed by atoms with E-state index in [1.54, 1.807) is 39.0 Å². The Labute approximate surface area is 576 Å². The summed E-state index contributed by atoms with van der Waals surface area (Å²) < 4.78 is 93.8. The van der Waals surface area contributed by atoms with Gasteiger partial charge in [0.1, 0.15) is 6.04 Å². The fourth-order valence-electron chi connectivity index (χ4n) is 10.7. The third-order valence-electron chi connectivity index (χ3n) is 15.6. The van der Waals surface area contributed by atoms with Crippen LogP contribution in [0.2, 0.25) is 0 Å². The van der Waals surface area contributed by atoms with Crippen LogP contribution in [0.25, 0.3) is 21.7 Å². The van der Waals surface area contributed by atoms with Gasteiger partial charge in [0, 0.05) is 94.7 Å². The number of halogens is 3. The van der Waals surface area contributed by atoms with E-state index in [0.717, 1.165) is 5.39 Å². The number of ether oxygens (including phenoxy) is 6. The number of allylic oxidation sites excluding steroid dienone is 1. The second-order valence-electron chi connectivity index (χ2n) is 23.3. The van der Waals surface area contributed by atoms with E-state index < -0.39 is 88.8 Å². The van der Waals surface area contributed by atoms with Gasteiger partial charge < -0.3 is 75.2 Å². The highest BCUT2D eigenvalue weighted by Gasteiger charge is 2.44. The van der Waals surface area contributed by atoms with Gasteiger partial charge in [-0.25, -0.2) is 17.8 Å². The minimum Gasteiger partial charge on any atom is -0.480 e. The average Bonchev–Trinajstić information content (AvgIpc) is 1.01. The summed E-state index contributed by atoms with van der Waals surface area (Å²) in [7, 11) is -4.87. The number of nitrogens with zero attached hydrogens (tertiary/aromatic N) is 6. The van der Waals surface area contributed by atoms with Crippen LogP contribution < -0.4 is 26.6 Å². The standard InChI is InChI=1S/C65H89F3N12O19S/c66-65(67)39-48(45-100(68,69)93)80(46-65)57(83)40-73-62(90)52-14-17-72-61-50(52)10-6-13-53(61)74-64(92)54(75-63(91)51-11-5-8-47-7-1-2-9-49(47)51)12-3-4-16-70-55(81)15-27-94-29-31-96-33-35-98-37-38-99-36-34-97-32-30-95-28-18-71-56(82)41-76-19-21-77(42-58(84)85)23-25-79(44-60(88)89)26-24-78(22-20-76)43-59(86)87/h1-2,5-11,13-14,17,45,54,69H,3-4,12,15-16,18-44,46H2,(H,70,81)(H,71,82)(H,73,90)(H,74,92)(H,75,91)(H,84,85)(H,86,87)(H,88,89)/b48-45+. The summed E-state index contributed by atoms with van der Waals surface area (Å²) in [6.45, 7) is 3.48. The highest BCUT2D eigenvalue weighted by molar-refractivity contribution is 7.90. The molecular weight excluding hydrogens is 1340 g/mol. The van der Waals surface area contributed by atoms with Crippen molar-refractivity contribution in [2.24, 2.45) is 0 Å². The van der Waals surface area contributed by atoms with Crippen LogP contribution in [0.3, 0.4) is 0 Å². The first-order valence-electron chi connectivity index (χ1n) is 32.6. The Kier molecular flexibility index (Phi) is 34.4. The number of aliphatic carboxylic acids is 3. The molecule has 0 bridgehead atoms. The van der Waals surface area contributed by atoms with Gasteiger partial charge in [-0.15, -0.1) is 3.89 Å². The van der Waals surface area contributed by atoms with Crippen molar-refractivity contribution in [3.63, 3.8) is 0 Å². The van der Waals surface area contributed by atoms with Crippen molar-refractivity contribution in [2.75, 3.05) is 189 Å². The zero-order valence-electron chi connectivity index (χ0n) is 55.5. The number of aromatic nitrogens is 1. The van der Waals surface area contributed by atoms with Crippen molar-refractivity contribution < 1.29 is 104 Å². The first-order chi connectivity index (χ1) is 47.9. The van der Waals surface area contributed by atoms with E-state index in [4.69, 9.17) is 33.2 Å². The van der Waals surface area contributed by atoms with E-state index >= 15 is 0 Å². The molecule has 6 amide bonds. The third kappa shape index (κ3) is 30.2. The molecule has 0 aliphatic carbocycles. The lowest BCUT2D eigenvalue weighted by molar-refractivity contribution is -0.140. The smallest absolute Gasteiger partial charge is 0.317 e. The summed E-state index contributed by atoms with van der Waals surface area (Å²) in [4.78, 5) is 126. The predicted molar refractivity (Wildman–Crippen MR) is 357 cm³/mol. The minimum absolute atomic E-state index is 0.00689. The molecule has 100 heavy (non-hydrogen) atoms. The van der Waals surface area contributed by atoms with Crippen LogP contribution >= 0.6 is 0 Å². The predicted octanol–water partition coefficient (Wildman–Crippen LogP) is 1.86. The van der Waals surface area contributed by atoms with Gasteiger partial charge in [0.15, 0.2) is 0 Å². The van der Waals surface area contributed by atoms with E-state index in [0.29, 0.717) is 101 Å². The summed E-state index contributed by atoms with van der Waals surface area (Å²) in [5.41, 5.74) is -0.000478. The number of likely N-dealkylation sites (tertiary alicyclic amines) is 1. The number of carbonyl (C=O) groups excluding carboxylic acids is 6. The largest absolute Gasteiger partial charge is 0.480 e. The number of rotatable bonds is 42. The molecular formula is C65H89F3N12O19S. The van der Waals surface area contributed by atoms with E-state index in [2.05, 4.69) is 31.6 Å². The Morgan fingerprint density at radius 3 is 1.63 bits per heavy atom. The van der Waals surface area contributed by atoms with E-state index in [1.807, 2.05) is 23.1 Å². The fourth-order valence-corrected chi connectivity index (χ4v) is 11.3. The normalized spacial score (nSPS) is 16.4. The summed E-state index contributed by atoms with van der Waals surface area (Å²) >= 11 is 0. The summed E-state index contributed by atoms with van der Waals surface area (Å²) in [6, 6.07) is 17.3. The number of alkyl halides is 2. The van der Waals surface area contributed by atoms with E-state index in [-0.39, 0.29) is 151 Å². The number of carboxylic acids is 3. The lowest BCUT2D eigenvalue weighted by Gasteiger charge is -2.32. The van der Waals surface area contributed by atoms with Crippen molar-refractivity contribution in [1.29, 1.82) is 4.78 Å². The Bertz CT molecular complexity index is 3490. The number of carboxylic acid groups (broad SMARTS) is 3. The Morgan fingerprint density at radius 2 is 1.07 bits per heavy atom. The Hall–Kier alpha value is -8.36. The highest BCUT2D eigenvalue weighted by Crippen LogP contribution is 2.35. The number of para-hydroxylation sites is 1. The van der Waals surface area contributed by atoms with E-state index in [1.165, 1.54) is 30.5 Å². The second kappa shape index (κ2) is 42.7. The summed E-state index contributed by atoms with van der Waals surface area (Å²) in [5, 5.41) is 43.8. The van der Waals surface area contributed by atoms with Gasteiger partial charge >= 0.3 is 17.9 Å². The maximum atomic E-state index is 14.2. The van der Waals surface area contributed by atoms with Gasteiger partial charge in [0.05, 0.1) is 147 Å². The van der Waals surface area contributed by atoms with Crippen LogP contribution in [0.1, 0.15) is 52.8 Å². The van der Waals surface area contributed by atoms with Crippen molar-refractivity contribution in [3.8, 4) is 0 Å². The Morgan fingerprint density at radius 1 is 0.580 bits per heavy atom. The van der Waals surface area contributed by atoms with Gasteiger partial charge in [0.25, 0.3) is 17.7 Å². The van der Waals surface area contributed by atoms with Crippen LogP contribution in [0, 0.1) is 4.78 Å². The zero-order valence-corrected chi connectivity index (χ0v) is 56.3. The van der Waals surface area contributed by atoms with Gasteiger partial charge in [-0.05, 0) is 48.2 Å². The third-order valence-corrected chi connectivity index (χ3v) is 16.2. The van der Waals surface area contributed by atoms with Crippen molar-refractivity contribution in [3.05, 3.63) is 95.2 Å². The number of amides is 6. The molecule has 0 spiro atoms. The topological polar surface area (TPSA) is 400 Å². The number of benzene rings is 3. The molecule has 2 unspecified atom stereocenters. The molecule has 0 radical (unpaired) electrons. The maximum absolute atomic E-state index is 14.2. The lowest BCUT2D eigenvalue weighted by atomic mass is 10.0. The SMILES string of the molecule is N=S(=O)(F)/C=C1\CC(F)(F)CN1C(=O)CNC(=O)c1ccnc2c(NC(=O)C(CCCCNC(=O)CCOCCOCCOCCOCCOCCOCCNC(=O)CN3CCN(CC(=O)O)CCN(CC(=O)O)CCN(CC(=O)O)CC3)NC(=O)c3cccc4ccccc34)cccc12. The molecule has 0 saturated carbocycles. The molecule has 31 nitrogen and oxygen atoms in total. The van der Waals surface area contributed by atoms with Crippen molar-refractivity contribution in [1.82, 2.24) is 50.8 Å². The van der Waals surface area contributed by atoms with Crippen LogP contribution in [-0.4, -0.2) is 298 Å². The first kappa shape index (κ1) is 80.6. The quantitative estimate of drug-likeness (QED) is 0.0226. The molecule has 6 rings (SSSR count). The summed E-state index contributed by atoms with van der Waals surface area (Å²) in [6.07, 6.45) is 1.20. The number of anilines is 1. The maximum Gasteiger partial charge on any atom is 0.317 e. The number of nitrogens with one attached hydrogen (secondary N) is 6. The number of pyridine rings is 1. The monoisotopic (exact) mass is 1430 g/mol. The molecule has 2 atom stereocenters. The molecule has 35 heteroatoms. The van der Waals surface area contributed by atoms with E-state index in [9.17, 15) is 75.3 Å². The molecule has 3 heterocycles. The molecule has 3 aromatic carbocycles. The molecule has 2 aliphatic heterocycles. The lowest BCUT2D eigenvalue weighted by Crippen LogP contribution is -2.50. The molecule has 9 N–H and O–H groups in total. The average molecular weight is 1430 g/mol. The molecule has 2 fully saturated rings. The van der Waals surface area contributed by atoms with Crippen LogP contribution in [0.4, 0.5) is 18.4 Å². The fraction of sp³-hybridized carbons (Fsp3) is 0.538. The van der Waals surface area contributed by atoms with Crippen LogP contribution in [-0.2, 0) is 72.1 Å². The van der Waals surface area contributed by atoms with Crippen LogP contribution in [0.15, 0.2) is 84.0 Å². The number of fused-ring (bicyclic) bond motifs is 2. The Balaban J connectivity index is 0.798. The molecule has 550 valence electrons. The van der Waals surface area contributed by atoms with Gasteiger partial charge in [-0.3, -0.25) is 67.7 Å². The molecule has 4 aromatic rings. The van der Waals surface area contributed by atoms with Gasteiger partial charge in [-0.1, -0.05) is 48.5 Å². The highest BCUT2D eigenvalue weighted by atomic mass is 32.3. The van der Waals surface area contributed by atoms with Crippen LogP contribution in [0.5, 0.6) is 0 Å². The second-order valence-corrected chi connectivity index (χ2v) is 24.6. The zero-order chi connectivity index (χ0) is 72.3. The first-order valence-corrected chi connectivity index (χ1v) is 34.1. The number of hydrogen-bond donors (Lipinski definition) is 9. The van der Waals surface area contributed by atoms with Crippen molar-refractivity contribution >= 4 is 90.8 Å². The minimum atomic E-state index is -4.87. The molecule has 2 aliphatic rings. The van der Waals surface area contributed by atoms with Gasteiger partial charge in [0.2, 0.25) is 33.7 Å². The van der Waals surface area contributed by atoms with Gasteiger partial charge in [-0.2, -0.15) is 0 Å². The van der Waals surface area contributed by atoms with Crippen molar-refractivity contribution in [2.45, 2.75) is 44.1 Å². The number of hydrogen-bond acceptors (Lipinski definition) is 22. The molecule has 2 saturated heterocycles. The molecule has 1 aromatic heterocycles.